The highest BCUT2D eigenvalue weighted by Crippen LogP contribution is 2.35. The Morgan fingerprint density at radius 1 is 1.26 bits per heavy atom. The molecule has 0 bridgehead atoms. The monoisotopic (exact) mass is 410 g/mol. The Morgan fingerprint density at radius 2 is 1.96 bits per heavy atom. The lowest BCUT2D eigenvalue weighted by atomic mass is 9.93. The van der Waals surface area contributed by atoms with E-state index in [1.54, 1.807) is 12.1 Å². The maximum absolute atomic E-state index is 15.3. The van der Waals surface area contributed by atoms with Crippen LogP contribution in [0, 0.1) is 11.6 Å². The van der Waals surface area contributed by atoms with Crippen molar-refractivity contribution in [1.82, 2.24) is 9.88 Å². The molecule has 2 heterocycles. The highest BCUT2D eigenvalue weighted by Gasteiger charge is 2.31. The molecule has 3 rings (SSSR count). The largest absolute Gasteiger partial charge is 0.453 e. The van der Waals surface area contributed by atoms with Gasteiger partial charge in [-0.2, -0.15) is 0 Å². The molecule has 8 heteroatoms. The summed E-state index contributed by atoms with van der Waals surface area (Å²) in [6, 6.07) is 3.38. The maximum atomic E-state index is 15.3. The lowest BCUT2D eigenvalue weighted by Crippen LogP contribution is -2.43. The van der Waals surface area contributed by atoms with Crippen molar-refractivity contribution in [3.05, 3.63) is 46.1 Å². The fraction of sp³-hybridized carbons (Fsp3) is 0.368. The van der Waals surface area contributed by atoms with Gasteiger partial charge in [-0.3, -0.25) is 4.98 Å². The molecule has 2 aromatic rings. The van der Waals surface area contributed by atoms with Crippen LogP contribution in [0.5, 0.6) is 0 Å². The first-order valence-electron chi connectivity index (χ1n) is 8.63. The SMILES string of the molecule is COC(=O)N1CCc2c(Cl)ccc(-c3ncc(F)c([Si](C)(C)C)c3F)c2C1. The van der Waals surface area contributed by atoms with Crippen molar-refractivity contribution in [2.45, 2.75) is 32.6 Å². The zero-order valence-electron chi connectivity index (χ0n) is 15.7. The number of amides is 1. The van der Waals surface area contributed by atoms with Crippen LogP contribution in [-0.2, 0) is 17.7 Å². The van der Waals surface area contributed by atoms with Crippen LogP contribution in [-0.4, -0.2) is 37.7 Å². The second-order valence-electron chi connectivity index (χ2n) is 7.59. The van der Waals surface area contributed by atoms with Gasteiger partial charge in [0.25, 0.3) is 0 Å². The molecule has 0 saturated heterocycles. The molecule has 144 valence electrons. The topological polar surface area (TPSA) is 42.4 Å². The summed E-state index contributed by atoms with van der Waals surface area (Å²) in [5.41, 5.74) is 2.20. The molecule has 1 aliphatic heterocycles. The van der Waals surface area contributed by atoms with E-state index in [4.69, 9.17) is 16.3 Å². The fourth-order valence-corrected chi connectivity index (χ4v) is 5.31. The van der Waals surface area contributed by atoms with E-state index in [1.807, 2.05) is 19.6 Å². The van der Waals surface area contributed by atoms with E-state index < -0.39 is 25.8 Å². The second kappa shape index (κ2) is 7.20. The Labute approximate surface area is 163 Å². The third kappa shape index (κ3) is 3.58. The van der Waals surface area contributed by atoms with Crippen molar-refractivity contribution >= 4 is 31.0 Å². The highest BCUT2D eigenvalue weighted by atomic mass is 35.5. The van der Waals surface area contributed by atoms with Gasteiger partial charge in [0, 0.05) is 28.9 Å². The molecule has 4 nitrogen and oxygen atoms in total. The average molecular weight is 411 g/mol. The van der Waals surface area contributed by atoms with E-state index in [1.165, 1.54) is 12.0 Å². The second-order valence-corrected chi connectivity index (χ2v) is 13.0. The average Bonchev–Trinajstić information content (AvgIpc) is 2.61. The Hall–Kier alpha value is -1.99. The predicted octanol–water partition coefficient (Wildman–Crippen LogP) is 4.35. The summed E-state index contributed by atoms with van der Waals surface area (Å²) in [4.78, 5) is 17.5. The minimum Gasteiger partial charge on any atom is -0.453 e. The van der Waals surface area contributed by atoms with Gasteiger partial charge in [-0.05, 0) is 23.6 Å². The summed E-state index contributed by atoms with van der Waals surface area (Å²) < 4.78 is 34.4. The number of benzene rings is 1. The lowest BCUT2D eigenvalue weighted by molar-refractivity contribution is 0.119. The number of hydrogen-bond donors (Lipinski definition) is 0. The number of rotatable bonds is 2. The molecule has 0 N–H and O–H groups in total. The molecule has 0 radical (unpaired) electrons. The van der Waals surface area contributed by atoms with Crippen molar-refractivity contribution < 1.29 is 18.3 Å². The number of carbonyl (C=O) groups excluding carboxylic acids is 1. The Balaban J connectivity index is 2.19. The van der Waals surface area contributed by atoms with Gasteiger partial charge in [0.1, 0.15) is 11.5 Å². The van der Waals surface area contributed by atoms with E-state index in [2.05, 4.69) is 4.98 Å². The van der Waals surface area contributed by atoms with Crippen LogP contribution in [0.1, 0.15) is 11.1 Å². The molecule has 1 aromatic carbocycles. The summed E-state index contributed by atoms with van der Waals surface area (Å²) in [5.74, 6) is -1.25. The summed E-state index contributed by atoms with van der Waals surface area (Å²) in [6.45, 7) is 6.35. The molecule has 1 amide bonds. The quantitative estimate of drug-likeness (QED) is 0.691. The van der Waals surface area contributed by atoms with Crippen LogP contribution >= 0.6 is 11.6 Å². The molecule has 0 saturated carbocycles. The van der Waals surface area contributed by atoms with E-state index in [9.17, 15) is 9.18 Å². The molecule has 27 heavy (non-hydrogen) atoms. The first-order valence-corrected chi connectivity index (χ1v) is 12.5. The molecule has 0 spiro atoms. The summed E-state index contributed by atoms with van der Waals surface area (Å²) in [7, 11) is -0.953. The number of halogens is 3. The highest BCUT2D eigenvalue weighted by molar-refractivity contribution is 6.88. The third-order valence-electron chi connectivity index (χ3n) is 4.77. The minimum atomic E-state index is -2.27. The number of hydrogen-bond acceptors (Lipinski definition) is 3. The van der Waals surface area contributed by atoms with Crippen LogP contribution in [0.2, 0.25) is 24.7 Å². The molecule has 1 aliphatic rings. The van der Waals surface area contributed by atoms with Crippen molar-refractivity contribution in [1.29, 1.82) is 0 Å². The van der Waals surface area contributed by atoms with Crippen LogP contribution in [0.4, 0.5) is 13.6 Å². The van der Waals surface area contributed by atoms with Gasteiger partial charge in [-0.25, -0.2) is 13.6 Å². The molecule has 0 aliphatic carbocycles. The predicted molar refractivity (Wildman–Crippen MR) is 104 cm³/mol. The Morgan fingerprint density at radius 3 is 2.59 bits per heavy atom. The van der Waals surface area contributed by atoms with Gasteiger partial charge >= 0.3 is 6.09 Å². The number of pyridine rings is 1. The zero-order valence-corrected chi connectivity index (χ0v) is 17.5. The van der Waals surface area contributed by atoms with Crippen molar-refractivity contribution in [2.24, 2.45) is 0 Å². The third-order valence-corrected chi connectivity index (χ3v) is 7.08. The van der Waals surface area contributed by atoms with Crippen LogP contribution in [0.15, 0.2) is 18.3 Å². The van der Waals surface area contributed by atoms with Crippen molar-refractivity contribution in [2.75, 3.05) is 13.7 Å². The standard InChI is InChI=1S/C19H21ClF2N2O2Si/c1-26-19(25)24-8-7-11-13(10-24)12(5-6-14(11)20)17-16(22)18(27(2,3)4)15(21)9-23-17/h5-6,9H,7-8,10H2,1-4H3. The first-order chi connectivity index (χ1) is 12.6. The van der Waals surface area contributed by atoms with Crippen molar-refractivity contribution in [3.63, 3.8) is 0 Å². The van der Waals surface area contributed by atoms with E-state index >= 15 is 4.39 Å². The Kier molecular flexibility index (Phi) is 5.27. The molecule has 0 atom stereocenters. The summed E-state index contributed by atoms with van der Waals surface area (Å²) in [6.07, 6.45) is 1.15. The van der Waals surface area contributed by atoms with Crippen LogP contribution in [0.25, 0.3) is 11.3 Å². The number of nitrogens with zero attached hydrogens (tertiary/aromatic N) is 2. The number of carbonyl (C=O) groups is 1. The van der Waals surface area contributed by atoms with Gasteiger partial charge < -0.3 is 9.64 Å². The Bertz CT molecular complexity index is 916. The van der Waals surface area contributed by atoms with Crippen LogP contribution in [0.3, 0.4) is 0 Å². The summed E-state index contributed by atoms with van der Waals surface area (Å²) in [5, 5.41) is 0.683. The minimum absolute atomic E-state index is 0.0912. The number of aromatic nitrogens is 1. The fourth-order valence-electron chi connectivity index (χ4n) is 3.48. The number of fused-ring (bicyclic) bond motifs is 1. The van der Waals surface area contributed by atoms with E-state index in [0.29, 0.717) is 23.6 Å². The smallest absolute Gasteiger partial charge is 0.409 e. The van der Waals surface area contributed by atoms with Gasteiger partial charge in [0.15, 0.2) is 5.82 Å². The van der Waals surface area contributed by atoms with Crippen molar-refractivity contribution in [3.8, 4) is 11.3 Å². The van der Waals surface area contributed by atoms with Crippen LogP contribution < -0.4 is 5.19 Å². The molecular weight excluding hydrogens is 390 g/mol. The normalized spacial score (nSPS) is 14.1. The van der Waals surface area contributed by atoms with Gasteiger partial charge in [-0.1, -0.05) is 37.3 Å². The zero-order chi connectivity index (χ0) is 19.9. The maximum Gasteiger partial charge on any atom is 0.409 e. The molecular formula is C19H21ClF2N2O2Si. The number of methoxy groups -OCH3 is 1. The summed E-state index contributed by atoms with van der Waals surface area (Å²) >= 11 is 6.33. The lowest BCUT2D eigenvalue weighted by Gasteiger charge is -2.30. The van der Waals surface area contributed by atoms with Gasteiger partial charge in [0.05, 0.1) is 21.4 Å². The van der Waals surface area contributed by atoms with E-state index in [-0.39, 0.29) is 17.4 Å². The molecule has 1 aromatic heterocycles. The van der Waals surface area contributed by atoms with E-state index in [0.717, 1.165) is 17.3 Å². The molecule has 0 unspecified atom stereocenters. The molecule has 0 fully saturated rings. The van der Waals surface area contributed by atoms with Gasteiger partial charge in [0.2, 0.25) is 0 Å². The number of ether oxygens (including phenoxy) is 1. The first kappa shape index (κ1) is 19.8. The van der Waals surface area contributed by atoms with Gasteiger partial charge in [-0.15, -0.1) is 0 Å².